The van der Waals surface area contributed by atoms with Crippen molar-refractivity contribution >= 4 is 23.4 Å². The standard InChI is InChI=1S/C18H18ClN3O2/c1-10-8-14(10)16(11-2-5-13(19)6-3-11)22-18(24)15-7-4-12(9-21-15)17(20)23/h2-7,9-10,14,16H,8H2,1H3,(H2,20,23)(H,22,24)/t10-,14-,16-/m1/s1. The van der Waals surface area contributed by atoms with E-state index in [1.165, 1.54) is 18.3 Å². The van der Waals surface area contributed by atoms with Crippen molar-refractivity contribution < 1.29 is 9.59 Å². The number of halogens is 1. The van der Waals surface area contributed by atoms with Gasteiger partial charge in [-0.2, -0.15) is 0 Å². The lowest BCUT2D eigenvalue weighted by Gasteiger charge is -2.19. The minimum absolute atomic E-state index is 0.0811. The zero-order valence-electron chi connectivity index (χ0n) is 13.2. The second-order valence-electron chi connectivity index (χ2n) is 6.18. The van der Waals surface area contributed by atoms with Crippen LogP contribution in [0, 0.1) is 11.8 Å². The number of primary amides is 1. The first-order chi connectivity index (χ1) is 11.5. The molecule has 2 amide bonds. The summed E-state index contributed by atoms with van der Waals surface area (Å²) < 4.78 is 0. The minimum Gasteiger partial charge on any atom is -0.366 e. The van der Waals surface area contributed by atoms with E-state index in [1.54, 1.807) is 0 Å². The first-order valence-corrected chi connectivity index (χ1v) is 8.15. The predicted molar refractivity (Wildman–Crippen MR) is 91.7 cm³/mol. The third kappa shape index (κ3) is 3.57. The summed E-state index contributed by atoms with van der Waals surface area (Å²) in [6.45, 7) is 2.17. The van der Waals surface area contributed by atoms with Crippen molar-refractivity contribution in [1.82, 2.24) is 10.3 Å². The second kappa shape index (κ2) is 6.61. The SMILES string of the molecule is C[C@@H]1C[C@H]1[C@H](NC(=O)c1ccc(C(N)=O)cn1)c1ccc(Cl)cc1. The number of nitrogens with zero attached hydrogens (tertiary/aromatic N) is 1. The molecule has 3 rings (SSSR count). The maximum atomic E-state index is 12.5. The van der Waals surface area contributed by atoms with Crippen LogP contribution in [0.1, 0.15) is 45.8 Å². The van der Waals surface area contributed by atoms with Crippen LogP contribution in [0.4, 0.5) is 0 Å². The van der Waals surface area contributed by atoms with Crippen LogP contribution in [0.25, 0.3) is 0 Å². The molecule has 0 radical (unpaired) electrons. The maximum absolute atomic E-state index is 12.5. The molecule has 2 aromatic rings. The van der Waals surface area contributed by atoms with Crippen molar-refractivity contribution in [3.05, 3.63) is 64.4 Å². The topological polar surface area (TPSA) is 85.1 Å². The van der Waals surface area contributed by atoms with Gasteiger partial charge in [-0.25, -0.2) is 0 Å². The highest BCUT2D eigenvalue weighted by Crippen LogP contribution is 2.47. The van der Waals surface area contributed by atoms with Gasteiger partial charge in [0.2, 0.25) is 5.91 Å². The predicted octanol–water partition coefficient (Wildman–Crippen LogP) is 2.96. The van der Waals surface area contributed by atoms with Crippen molar-refractivity contribution in [2.24, 2.45) is 17.6 Å². The van der Waals surface area contributed by atoms with E-state index < -0.39 is 5.91 Å². The van der Waals surface area contributed by atoms with Gasteiger partial charge >= 0.3 is 0 Å². The van der Waals surface area contributed by atoms with Gasteiger partial charge in [0.1, 0.15) is 5.69 Å². The average molecular weight is 344 g/mol. The fourth-order valence-electron chi connectivity index (χ4n) is 2.81. The number of nitrogens with two attached hydrogens (primary N) is 1. The highest BCUT2D eigenvalue weighted by atomic mass is 35.5. The fraction of sp³-hybridized carbons (Fsp3) is 0.278. The Morgan fingerprint density at radius 1 is 1.25 bits per heavy atom. The van der Waals surface area contributed by atoms with E-state index in [0.29, 0.717) is 16.9 Å². The number of carbonyl (C=O) groups excluding carboxylic acids is 2. The zero-order chi connectivity index (χ0) is 17.3. The van der Waals surface area contributed by atoms with Gasteiger partial charge in [-0.1, -0.05) is 30.7 Å². The van der Waals surface area contributed by atoms with Crippen LogP contribution in [0.5, 0.6) is 0 Å². The number of amides is 2. The summed E-state index contributed by atoms with van der Waals surface area (Å²) in [5.74, 6) is 0.126. The molecule has 124 valence electrons. The lowest BCUT2D eigenvalue weighted by Crippen LogP contribution is -2.31. The van der Waals surface area contributed by atoms with Gasteiger partial charge in [0, 0.05) is 11.2 Å². The normalized spacial score (nSPS) is 20.2. The first-order valence-electron chi connectivity index (χ1n) is 7.78. The number of benzene rings is 1. The zero-order valence-corrected chi connectivity index (χ0v) is 14.0. The molecule has 24 heavy (non-hydrogen) atoms. The summed E-state index contributed by atoms with van der Waals surface area (Å²) in [5.41, 5.74) is 6.74. The molecule has 0 saturated heterocycles. The van der Waals surface area contributed by atoms with Gasteiger partial charge in [-0.3, -0.25) is 14.6 Å². The highest BCUT2D eigenvalue weighted by molar-refractivity contribution is 6.30. The van der Waals surface area contributed by atoms with E-state index in [0.717, 1.165) is 12.0 Å². The summed E-state index contributed by atoms with van der Waals surface area (Å²) in [6, 6.07) is 10.4. The summed E-state index contributed by atoms with van der Waals surface area (Å²) in [5, 5.41) is 3.71. The molecule has 0 unspecified atom stereocenters. The summed E-state index contributed by atoms with van der Waals surface area (Å²) in [4.78, 5) is 27.6. The Bertz CT molecular complexity index is 759. The van der Waals surface area contributed by atoms with Gasteiger partial charge in [0.15, 0.2) is 0 Å². The number of aromatic nitrogens is 1. The van der Waals surface area contributed by atoms with Gasteiger partial charge < -0.3 is 11.1 Å². The molecule has 1 saturated carbocycles. The van der Waals surface area contributed by atoms with Crippen LogP contribution in [0.15, 0.2) is 42.6 Å². The maximum Gasteiger partial charge on any atom is 0.270 e. The third-order valence-corrected chi connectivity index (χ3v) is 4.65. The van der Waals surface area contributed by atoms with E-state index >= 15 is 0 Å². The number of hydrogen-bond donors (Lipinski definition) is 2. The largest absolute Gasteiger partial charge is 0.366 e. The molecule has 1 fully saturated rings. The van der Waals surface area contributed by atoms with Crippen molar-refractivity contribution in [3.63, 3.8) is 0 Å². The van der Waals surface area contributed by atoms with Gasteiger partial charge in [0.25, 0.3) is 5.91 Å². The molecule has 3 atom stereocenters. The van der Waals surface area contributed by atoms with Crippen LogP contribution in [-0.2, 0) is 0 Å². The monoisotopic (exact) mass is 343 g/mol. The molecule has 1 aliphatic carbocycles. The number of hydrogen-bond acceptors (Lipinski definition) is 3. The minimum atomic E-state index is -0.569. The van der Waals surface area contributed by atoms with Crippen molar-refractivity contribution in [3.8, 4) is 0 Å². The lowest BCUT2D eigenvalue weighted by molar-refractivity contribution is 0.0923. The highest BCUT2D eigenvalue weighted by Gasteiger charge is 2.41. The molecule has 1 aliphatic rings. The average Bonchev–Trinajstić information content (AvgIpc) is 3.30. The smallest absolute Gasteiger partial charge is 0.270 e. The van der Waals surface area contributed by atoms with Crippen LogP contribution < -0.4 is 11.1 Å². The van der Waals surface area contributed by atoms with E-state index in [2.05, 4.69) is 17.2 Å². The Kier molecular flexibility index (Phi) is 4.53. The quantitative estimate of drug-likeness (QED) is 0.875. The molecular formula is C18H18ClN3O2. The molecule has 6 heteroatoms. The molecule has 0 spiro atoms. The number of pyridine rings is 1. The Morgan fingerprint density at radius 3 is 2.42 bits per heavy atom. The van der Waals surface area contributed by atoms with E-state index in [-0.39, 0.29) is 23.2 Å². The molecule has 0 bridgehead atoms. The first kappa shape index (κ1) is 16.5. The molecule has 1 heterocycles. The van der Waals surface area contributed by atoms with Crippen molar-refractivity contribution in [2.75, 3.05) is 0 Å². The van der Waals surface area contributed by atoms with Crippen LogP contribution >= 0.6 is 11.6 Å². The second-order valence-corrected chi connectivity index (χ2v) is 6.61. The molecule has 0 aliphatic heterocycles. The Labute approximate surface area is 145 Å². The van der Waals surface area contributed by atoms with Gasteiger partial charge in [-0.05, 0) is 48.1 Å². The summed E-state index contributed by atoms with van der Waals surface area (Å²) in [6.07, 6.45) is 2.38. The van der Waals surface area contributed by atoms with E-state index in [4.69, 9.17) is 17.3 Å². The van der Waals surface area contributed by atoms with Crippen LogP contribution in [0.2, 0.25) is 5.02 Å². The van der Waals surface area contributed by atoms with E-state index in [1.807, 2.05) is 24.3 Å². The summed E-state index contributed by atoms with van der Waals surface area (Å²) in [7, 11) is 0. The van der Waals surface area contributed by atoms with E-state index in [9.17, 15) is 9.59 Å². The fourth-order valence-corrected chi connectivity index (χ4v) is 2.94. The number of rotatable bonds is 5. The van der Waals surface area contributed by atoms with Gasteiger partial charge in [-0.15, -0.1) is 0 Å². The van der Waals surface area contributed by atoms with Crippen LogP contribution in [-0.4, -0.2) is 16.8 Å². The third-order valence-electron chi connectivity index (χ3n) is 4.40. The van der Waals surface area contributed by atoms with Crippen molar-refractivity contribution in [1.29, 1.82) is 0 Å². The molecular weight excluding hydrogens is 326 g/mol. The molecule has 1 aromatic heterocycles. The lowest BCUT2D eigenvalue weighted by atomic mass is 10.0. The summed E-state index contributed by atoms with van der Waals surface area (Å²) >= 11 is 5.95. The van der Waals surface area contributed by atoms with Crippen molar-refractivity contribution in [2.45, 2.75) is 19.4 Å². The van der Waals surface area contributed by atoms with Gasteiger partial charge in [0.05, 0.1) is 11.6 Å². The number of nitrogens with one attached hydrogen (secondary N) is 1. The Balaban J connectivity index is 1.78. The molecule has 1 aromatic carbocycles. The van der Waals surface area contributed by atoms with Crippen LogP contribution in [0.3, 0.4) is 0 Å². The molecule has 5 nitrogen and oxygen atoms in total. The number of carbonyl (C=O) groups is 2. The Hall–Kier alpha value is -2.40. The molecule has 3 N–H and O–H groups in total. The Morgan fingerprint density at radius 2 is 1.92 bits per heavy atom.